The Morgan fingerprint density at radius 3 is 3.00 bits per heavy atom. The van der Waals surface area contributed by atoms with Crippen LogP contribution in [0.2, 0.25) is 5.02 Å². The van der Waals surface area contributed by atoms with Crippen LogP contribution >= 0.6 is 11.6 Å². The van der Waals surface area contributed by atoms with Crippen LogP contribution < -0.4 is 5.32 Å². The number of nitrogens with zero attached hydrogens (tertiary/aromatic N) is 2. The largest absolute Gasteiger partial charge is 0.336 e. The Kier molecular flexibility index (Phi) is 4.33. The van der Waals surface area contributed by atoms with Gasteiger partial charge in [-0.15, -0.1) is 0 Å². The van der Waals surface area contributed by atoms with Gasteiger partial charge in [0.15, 0.2) is 0 Å². The van der Waals surface area contributed by atoms with Gasteiger partial charge >= 0.3 is 0 Å². The summed E-state index contributed by atoms with van der Waals surface area (Å²) in [5, 5.41) is 3.68. The van der Waals surface area contributed by atoms with Crippen molar-refractivity contribution in [1.29, 1.82) is 0 Å². The van der Waals surface area contributed by atoms with Crippen molar-refractivity contribution >= 4 is 11.6 Å². The van der Waals surface area contributed by atoms with E-state index in [2.05, 4.69) is 10.3 Å². The highest BCUT2D eigenvalue weighted by atomic mass is 35.5. The third-order valence-electron chi connectivity index (χ3n) is 2.70. The molecule has 0 aliphatic heterocycles. The van der Waals surface area contributed by atoms with Crippen molar-refractivity contribution in [2.24, 2.45) is 0 Å². The Hall–Kier alpha value is -1.39. The van der Waals surface area contributed by atoms with Gasteiger partial charge in [-0.1, -0.05) is 17.7 Å². The number of benzene rings is 1. The minimum Gasteiger partial charge on any atom is -0.336 e. The lowest BCUT2D eigenvalue weighted by Crippen LogP contribution is -2.29. The normalized spacial score (nSPS) is 12.6. The predicted molar refractivity (Wildman–Crippen MR) is 69.9 cm³/mol. The van der Waals surface area contributed by atoms with E-state index in [4.69, 9.17) is 11.6 Å². The second-order valence-electron chi connectivity index (χ2n) is 4.28. The standard InChI is InChI=1S/C13H15ClFN3/c1-10(8-18-5-4-16-9-18)17-7-11-2-3-12(14)6-13(11)15/h2-6,9-10,17H,7-8H2,1H3. The van der Waals surface area contributed by atoms with Crippen molar-refractivity contribution in [3.8, 4) is 0 Å². The van der Waals surface area contributed by atoms with Gasteiger partial charge in [-0.25, -0.2) is 9.37 Å². The van der Waals surface area contributed by atoms with Crippen LogP contribution in [-0.2, 0) is 13.1 Å². The molecular formula is C13H15ClFN3. The average Bonchev–Trinajstić information content (AvgIpc) is 2.80. The number of aromatic nitrogens is 2. The zero-order valence-electron chi connectivity index (χ0n) is 10.1. The maximum atomic E-state index is 13.5. The van der Waals surface area contributed by atoms with Crippen LogP contribution in [0.3, 0.4) is 0 Å². The van der Waals surface area contributed by atoms with Gasteiger partial charge in [-0.3, -0.25) is 0 Å². The predicted octanol–water partition coefficient (Wildman–Crippen LogP) is 2.85. The summed E-state index contributed by atoms with van der Waals surface area (Å²) < 4.78 is 15.5. The van der Waals surface area contributed by atoms with E-state index in [0.717, 1.165) is 6.54 Å². The molecule has 1 atom stereocenters. The highest BCUT2D eigenvalue weighted by Crippen LogP contribution is 2.14. The first-order valence-electron chi connectivity index (χ1n) is 5.78. The van der Waals surface area contributed by atoms with Crippen molar-refractivity contribution in [3.05, 3.63) is 53.3 Å². The van der Waals surface area contributed by atoms with Gasteiger partial charge in [-0.2, -0.15) is 0 Å². The van der Waals surface area contributed by atoms with E-state index in [1.165, 1.54) is 6.07 Å². The molecule has 0 fully saturated rings. The molecule has 1 heterocycles. The lowest BCUT2D eigenvalue weighted by atomic mass is 10.2. The molecule has 0 amide bonds. The van der Waals surface area contributed by atoms with Crippen molar-refractivity contribution in [2.75, 3.05) is 0 Å². The second kappa shape index (κ2) is 5.98. The van der Waals surface area contributed by atoms with Crippen LogP contribution in [-0.4, -0.2) is 15.6 Å². The molecule has 1 N–H and O–H groups in total. The summed E-state index contributed by atoms with van der Waals surface area (Å²) in [6.45, 7) is 3.34. The Bertz CT molecular complexity index is 499. The minimum absolute atomic E-state index is 0.231. The summed E-state index contributed by atoms with van der Waals surface area (Å²) in [6, 6.07) is 4.96. The Morgan fingerprint density at radius 2 is 2.33 bits per heavy atom. The second-order valence-corrected chi connectivity index (χ2v) is 4.71. The smallest absolute Gasteiger partial charge is 0.129 e. The van der Waals surface area contributed by atoms with Crippen molar-refractivity contribution in [3.63, 3.8) is 0 Å². The SMILES string of the molecule is CC(Cn1ccnc1)NCc1ccc(Cl)cc1F. The zero-order valence-corrected chi connectivity index (χ0v) is 10.9. The summed E-state index contributed by atoms with van der Waals surface area (Å²) in [4.78, 5) is 3.98. The molecule has 5 heteroatoms. The zero-order chi connectivity index (χ0) is 13.0. The first-order valence-corrected chi connectivity index (χ1v) is 6.16. The molecule has 1 aromatic heterocycles. The lowest BCUT2D eigenvalue weighted by molar-refractivity contribution is 0.468. The summed E-state index contributed by atoms with van der Waals surface area (Å²) in [6.07, 6.45) is 5.41. The molecular weight excluding hydrogens is 253 g/mol. The van der Waals surface area contributed by atoms with Crippen LogP contribution in [0.1, 0.15) is 12.5 Å². The Balaban J connectivity index is 1.87. The third-order valence-corrected chi connectivity index (χ3v) is 2.94. The van der Waals surface area contributed by atoms with Gasteiger partial charge < -0.3 is 9.88 Å². The number of hydrogen-bond donors (Lipinski definition) is 1. The number of nitrogens with one attached hydrogen (secondary N) is 1. The number of rotatable bonds is 5. The van der Waals surface area contributed by atoms with E-state index >= 15 is 0 Å². The average molecular weight is 268 g/mol. The van der Waals surface area contributed by atoms with Crippen LogP contribution in [0.15, 0.2) is 36.9 Å². The fourth-order valence-corrected chi connectivity index (χ4v) is 1.88. The van der Waals surface area contributed by atoms with Crippen LogP contribution in [0, 0.1) is 5.82 Å². The van der Waals surface area contributed by atoms with Gasteiger partial charge in [0.2, 0.25) is 0 Å². The number of imidazole rings is 1. The van der Waals surface area contributed by atoms with Crippen molar-refractivity contribution in [2.45, 2.75) is 26.1 Å². The molecule has 1 unspecified atom stereocenters. The molecule has 2 rings (SSSR count). The van der Waals surface area contributed by atoms with Crippen molar-refractivity contribution in [1.82, 2.24) is 14.9 Å². The van der Waals surface area contributed by atoms with E-state index in [-0.39, 0.29) is 11.9 Å². The molecule has 1 aromatic carbocycles. The molecule has 0 saturated carbocycles. The van der Waals surface area contributed by atoms with E-state index in [1.54, 1.807) is 24.7 Å². The van der Waals surface area contributed by atoms with Gasteiger partial charge in [0.25, 0.3) is 0 Å². The van der Waals surface area contributed by atoms with Crippen LogP contribution in [0.25, 0.3) is 0 Å². The number of hydrogen-bond acceptors (Lipinski definition) is 2. The van der Waals surface area contributed by atoms with Gasteiger partial charge in [0.1, 0.15) is 5.82 Å². The highest BCUT2D eigenvalue weighted by molar-refractivity contribution is 6.30. The lowest BCUT2D eigenvalue weighted by Gasteiger charge is -2.14. The van der Waals surface area contributed by atoms with E-state index in [0.29, 0.717) is 17.1 Å². The molecule has 0 spiro atoms. The van der Waals surface area contributed by atoms with E-state index < -0.39 is 0 Å². The fraction of sp³-hybridized carbons (Fsp3) is 0.308. The van der Waals surface area contributed by atoms with Gasteiger partial charge in [-0.05, 0) is 19.1 Å². The molecule has 0 aliphatic rings. The molecule has 0 aliphatic carbocycles. The van der Waals surface area contributed by atoms with Crippen LogP contribution in [0.5, 0.6) is 0 Å². The monoisotopic (exact) mass is 267 g/mol. The fourth-order valence-electron chi connectivity index (χ4n) is 1.72. The molecule has 0 bridgehead atoms. The van der Waals surface area contributed by atoms with Crippen molar-refractivity contribution < 1.29 is 4.39 Å². The van der Waals surface area contributed by atoms with E-state index in [1.807, 2.05) is 17.7 Å². The third kappa shape index (κ3) is 3.55. The topological polar surface area (TPSA) is 29.9 Å². The maximum Gasteiger partial charge on any atom is 0.129 e. The first-order chi connectivity index (χ1) is 8.65. The summed E-state index contributed by atoms with van der Waals surface area (Å²) in [5.41, 5.74) is 0.622. The van der Waals surface area contributed by atoms with E-state index in [9.17, 15) is 4.39 Å². The first kappa shape index (κ1) is 13.1. The molecule has 3 nitrogen and oxygen atoms in total. The molecule has 0 radical (unpaired) electrons. The Labute approximate surface area is 111 Å². The minimum atomic E-state index is -0.273. The molecule has 2 aromatic rings. The maximum absolute atomic E-state index is 13.5. The summed E-state index contributed by atoms with van der Waals surface area (Å²) >= 11 is 5.70. The molecule has 0 saturated heterocycles. The summed E-state index contributed by atoms with van der Waals surface area (Å²) in [5.74, 6) is -0.273. The van der Waals surface area contributed by atoms with Crippen LogP contribution in [0.4, 0.5) is 4.39 Å². The quantitative estimate of drug-likeness (QED) is 0.903. The Morgan fingerprint density at radius 1 is 1.50 bits per heavy atom. The van der Waals surface area contributed by atoms with Gasteiger partial charge in [0, 0.05) is 42.1 Å². The highest BCUT2D eigenvalue weighted by Gasteiger charge is 2.06. The number of halogens is 2. The van der Waals surface area contributed by atoms with Gasteiger partial charge in [0.05, 0.1) is 6.33 Å². The molecule has 18 heavy (non-hydrogen) atoms. The summed E-state index contributed by atoms with van der Waals surface area (Å²) in [7, 11) is 0. The molecule has 96 valence electrons.